The summed E-state index contributed by atoms with van der Waals surface area (Å²) in [6.07, 6.45) is -2.06. The molecule has 0 aromatic heterocycles. The first kappa shape index (κ1) is 14.0. The first-order valence-corrected chi connectivity index (χ1v) is 6.24. The summed E-state index contributed by atoms with van der Waals surface area (Å²) in [6.45, 7) is 1.72. The van der Waals surface area contributed by atoms with Crippen molar-refractivity contribution in [3.05, 3.63) is 35.9 Å². The van der Waals surface area contributed by atoms with E-state index in [0.29, 0.717) is 12.0 Å². The number of hydrogen-bond acceptors (Lipinski definition) is 5. The Labute approximate surface area is 112 Å². The van der Waals surface area contributed by atoms with Crippen LogP contribution in [0.1, 0.15) is 23.7 Å². The van der Waals surface area contributed by atoms with E-state index in [1.54, 1.807) is 31.2 Å². The van der Waals surface area contributed by atoms with Gasteiger partial charge in [0.2, 0.25) is 0 Å². The summed E-state index contributed by atoms with van der Waals surface area (Å²) in [5, 5.41) is 9.99. The van der Waals surface area contributed by atoms with E-state index in [9.17, 15) is 9.90 Å². The lowest BCUT2D eigenvalue weighted by molar-refractivity contribution is -0.236. The molecule has 0 spiro atoms. The van der Waals surface area contributed by atoms with Crippen molar-refractivity contribution >= 4 is 5.97 Å². The largest absolute Gasteiger partial charge is 0.456 e. The highest BCUT2D eigenvalue weighted by Crippen LogP contribution is 2.23. The molecule has 1 heterocycles. The number of aliphatic hydroxyl groups is 1. The number of hydrogen-bond donors (Lipinski definition) is 1. The first-order valence-electron chi connectivity index (χ1n) is 6.24. The van der Waals surface area contributed by atoms with Crippen LogP contribution >= 0.6 is 0 Å². The predicted molar refractivity (Wildman–Crippen MR) is 67.6 cm³/mol. The van der Waals surface area contributed by atoms with Gasteiger partial charge in [-0.15, -0.1) is 0 Å². The van der Waals surface area contributed by atoms with Gasteiger partial charge in [-0.25, -0.2) is 4.79 Å². The van der Waals surface area contributed by atoms with Crippen molar-refractivity contribution in [2.45, 2.75) is 37.9 Å². The third-order valence-electron chi connectivity index (χ3n) is 3.18. The van der Waals surface area contributed by atoms with Crippen LogP contribution in [0, 0.1) is 0 Å². The van der Waals surface area contributed by atoms with Crippen molar-refractivity contribution in [3.63, 3.8) is 0 Å². The van der Waals surface area contributed by atoms with Crippen molar-refractivity contribution in [3.8, 4) is 0 Å². The molecular formula is C14H18O5. The summed E-state index contributed by atoms with van der Waals surface area (Å²) in [6, 6.07) is 8.69. The highest BCUT2D eigenvalue weighted by molar-refractivity contribution is 5.89. The molecule has 0 bridgehead atoms. The average Bonchev–Trinajstić information content (AvgIpc) is 2.44. The summed E-state index contributed by atoms with van der Waals surface area (Å²) in [4.78, 5) is 11.9. The molecule has 0 aliphatic carbocycles. The molecule has 1 fully saturated rings. The molecular weight excluding hydrogens is 248 g/mol. The van der Waals surface area contributed by atoms with Crippen LogP contribution < -0.4 is 0 Å². The Kier molecular flexibility index (Phi) is 4.52. The van der Waals surface area contributed by atoms with Gasteiger partial charge in [0.1, 0.15) is 12.2 Å². The molecule has 5 heteroatoms. The van der Waals surface area contributed by atoms with E-state index in [4.69, 9.17) is 14.2 Å². The van der Waals surface area contributed by atoms with Gasteiger partial charge in [-0.2, -0.15) is 0 Å². The van der Waals surface area contributed by atoms with Gasteiger partial charge >= 0.3 is 5.97 Å². The zero-order valence-electron chi connectivity index (χ0n) is 11.0. The highest BCUT2D eigenvalue weighted by Gasteiger charge is 2.37. The van der Waals surface area contributed by atoms with Crippen LogP contribution in [0.4, 0.5) is 0 Å². The monoisotopic (exact) mass is 266 g/mol. The summed E-state index contributed by atoms with van der Waals surface area (Å²) in [5.74, 6) is -0.450. The number of carbonyl (C=O) groups is 1. The Hall–Kier alpha value is -1.43. The predicted octanol–water partition coefficient (Wildman–Crippen LogP) is 1.35. The average molecular weight is 266 g/mol. The molecule has 0 radical (unpaired) electrons. The molecule has 1 aliphatic heterocycles. The van der Waals surface area contributed by atoms with Gasteiger partial charge < -0.3 is 19.3 Å². The molecule has 0 amide bonds. The second-order valence-electron chi connectivity index (χ2n) is 4.54. The van der Waals surface area contributed by atoms with Gasteiger partial charge in [-0.3, -0.25) is 0 Å². The van der Waals surface area contributed by atoms with E-state index >= 15 is 0 Å². The topological polar surface area (TPSA) is 65.0 Å². The van der Waals surface area contributed by atoms with Crippen molar-refractivity contribution in [1.82, 2.24) is 0 Å². The molecule has 2 rings (SSSR count). The van der Waals surface area contributed by atoms with Crippen LogP contribution in [0.25, 0.3) is 0 Å². The molecule has 104 valence electrons. The molecule has 0 unspecified atom stereocenters. The third kappa shape index (κ3) is 3.32. The van der Waals surface area contributed by atoms with Crippen LogP contribution in [0.5, 0.6) is 0 Å². The zero-order valence-corrected chi connectivity index (χ0v) is 11.0. The number of benzene rings is 1. The Morgan fingerprint density at radius 2 is 2.05 bits per heavy atom. The van der Waals surface area contributed by atoms with E-state index in [1.165, 1.54) is 7.11 Å². The van der Waals surface area contributed by atoms with E-state index in [2.05, 4.69) is 0 Å². The van der Waals surface area contributed by atoms with Crippen molar-refractivity contribution < 1.29 is 24.1 Å². The maximum atomic E-state index is 11.9. The summed E-state index contributed by atoms with van der Waals surface area (Å²) in [7, 11) is 1.52. The van der Waals surface area contributed by atoms with Gasteiger partial charge in [0.05, 0.1) is 11.7 Å². The van der Waals surface area contributed by atoms with Crippen LogP contribution in [-0.4, -0.2) is 42.8 Å². The van der Waals surface area contributed by atoms with Gasteiger partial charge in [0, 0.05) is 13.5 Å². The van der Waals surface area contributed by atoms with Crippen LogP contribution in [0.15, 0.2) is 30.3 Å². The standard InChI is InChI=1S/C14H18O5/c1-9-13(15)11(8-12(17-2)18-9)19-14(16)10-6-4-3-5-7-10/h3-7,9,11-13,15H,8H2,1-2H3/t9-,11+,12+,13-/m1/s1. The normalized spacial score (nSPS) is 30.9. The minimum Gasteiger partial charge on any atom is -0.456 e. The second kappa shape index (κ2) is 6.14. The smallest absolute Gasteiger partial charge is 0.338 e. The third-order valence-corrected chi connectivity index (χ3v) is 3.18. The fourth-order valence-corrected chi connectivity index (χ4v) is 2.06. The van der Waals surface area contributed by atoms with E-state index in [1.807, 2.05) is 6.07 Å². The Bertz CT molecular complexity index is 419. The number of aliphatic hydroxyl groups excluding tert-OH is 1. The number of rotatable bonds is 3. The molecule has 19 heavy (non-hydrogen) atoms. The Morgan fingerprint density at radius 3 is 2.68 bits per heavy atom. The quantitative estimate of drug-likeness (QED) is 0.837. The summed E-state index contributed by atoms with van der Waals surface area (Å²) >= 11 is 0. The lowest BCUT2D eigenvalue weighted by atomic mass is 10.0. The number of carbonyl (C=O) groups excluding carboxylic acids is 1. The molecule has 1 saturated heterocycles. The molecule has 1 N–H and O–H groups in total. The van der Waals surface area contributed by atoms with E-state index in [0.717, 1.165) is 0 Å². The highest BCUT2D eigenvalue weighted by atomic mass is 16.7. The van der Waals surface area contributed by atoms with Crippen LogP contribution in [0.2, 0.25) is 0 Å². The van der Waals surface area contributed by atoms with E-state index < -0.39 is 30.6 Å². The molecule has 1 aliphatic rings. The molecule has 1 aromatic carbocycles. The van der Waals surface area contributed by atoms with Crippen LogP contribution in [-0.2, 0) is 14.2 Å². The maximum absolute atomic E-state index is 11.9. The lowest BCUT2D eigenvalue weighted by Crippen LogP contribution is -2.49. The lowest BCUT2D eigenvalue weighted by Gasteiger charge is -2.36. The summed E-state index contributed by atoms with van der Waals surface area (Å²) in [5.41, 5.74) is 0.461. The SMILES string of the molecule is CO[C@@H]1C[C@H](OC(=O)c2ccccc2)[C@H](O)[C@@H](C)O1. The van der Waals surface area contributed by atoms with Gasteiger partial charge in [-0.1, -0.05) is 18.2 Å². The van der Waals surface area contributed by atoms with Gasteiger partial charge in [0.25, 0.3) is 0 Å². The fourth-order valence-electron chi connectivity index (χ4n) is 2.06. The van der Waals surface area contributed by atoms with Gasteiger partial charge in [-0.05, 0) is 19.1 Å². The van der Waals surface area contributed by atoms with Crippen molar-refractivity contribution in [1.29, 1.82) is 0 Å². The molecule has 0 saturated carbocycles. The first-order chi connectivity index (χ1) is 9.11. The number of methoxy groups -OCH3 is 1. The zero-order chi connectivity index (χ0) is 13.8. The molecule has 4 atom stereocenters. The maximum Gasteiger partial charge on any atom is 0.338 e. The fraction of sp³-hybridized carbons (Fsp3) is 0.500. The summed E-state index contributed by atoms with van der Waals surface area (Å²) < 4.78 is 15.8. The van der Waals surface area contributed by atoms with Gasteiger partial charge in [0.15, 0.2) is 6.29 Å². The van der Waals surface area contributed by atoms with Crippen LogP contribution in [0.3, 0.4) is 0 Å². The van der Waals surface area contributed by atoms with Crippen molar-refractivity contribution in [2.75, 3.05) is 7.11 Å². The molecule has 5 nitrogen and oxygen atoms in total. The molecule has 1 aromatic rings. The Morgan fingerprint density at radius 1 is 1.37 bits per heavy atom. The number of ether oxygens (including phenoxy) is 3. The number of esters is 1. The second-order valence-corrected chi connectivity index (χ2v) is 4.54. The van der Waals surface area contributed by atoms with E-state index in [-0.39, 0.29) is 0 Å². The Balaban J connectivity index is 2.02. The minimum absolute atomic E-state index is 0.320. The van der Waals surface area contributed by atoms with Crippen molar-refractivity contribution in [2.24, 2.45) is 0 Å². The minimum atomic E-state index is -0.848.